The Hall–Kier alpha value is -1.06. The summed E-state index contributed by atoms with van der Waals surface area (Å²) in [5.74, 6) is 0.978. The summed E-state index contributed by atoms with van der Waals surface area (Å²) in [6.07, 6.45) is 2.37. The van der Waals surface area contributed by atoms with E-state index in [0.717, 1.165) is 23.2 Å². The fraction of sp³-hybridized carbons (Fsp3) is 0.375. The minimum absolute atomic E-state index is 0.0126. The largest absolute Gasteiger partial charge is 0.496 e. The second-order valence-electron chi connectivity index (χ2n) is 5.37. The van der Waals surface area contributed by atoms with Gasteiger partial charge in [0.2, 0.25) is 0 Å². The van der Waals surface area contributed by atoms with Crippen LogP contribution in [0.3, 0.4) is 0 Å². The Morgan fingerprint density at radius 2 is 2.11 bits per heavy atom. The van der Waals surface area contributed by atoms with E-state index in [0.29, 0.717) is 0 Å². The van der Waals surface area contributed by atoms with Crippen LogP contribution in [0.15, 0.2) is 34.8 Å². The average Bonchev–Trinajstić information content (AvgIpc) is 2.85. The van der Waals surface area contributed by atoms with Gasteiger partial charge in [-0.15, -0.1) is 0 Å². The summed E-state index contributed by atoms with van der Waals surface area (Å²) in [6.45, 7) is 3.35. The minimum atomic E-state index is 0.0126. The van der Waals surface area contributed by atoms with E-state index in [1.54, 1.807) is 7.11 Å². The summed E-state index contributed by atoms with van der Waals surface area (Å²) in [5.41, 5.74) is 1.30. The molecule has 1 heterocycles. The first-order valence-electron chi connectivity index (χ1n) is 6.66. The van der Waals surface area contributed by atoms with Crippen LogP contribution < -0.4 is 10.1 Å². The lowest BCUT2D eigenvalue weighted by atomic mass is 9.86. The predicted octanol–water partition coefficient (Wildman–Crippen LogP) is 4.21. The van der Waals surface area contributed by atoms with Gasteiger partial charge in [-0.3, -0.25) is 0 Å². The molecular weight excluding hydrogens is 302 g/mol. The van der Waals surface area contributed by atoms with Gasteiger partial charge in [-0.05, 0) is 55.3 Å². The van der Waals surface area contributed by atoms with Crippen LogP contribution in [0.4, 0.5) is 0 Å². The highest BCUT2D eigenvalue weighted by Crippen LogP contribution is 2.41. The van der Waals surface area contributed by atoms with Crippen LogP contribution in [0.2, 0.25) is 0 Å². The molecule has 1 N–H and O–H groups in total. The van der Waals surface area contributed by atoms with Crippen LogP contribution in [0.1, 0.15) is 25.3 Å². The van der Waals surface area contributed by atoms with E-state index < -0.39 is 0 Å². The number of benzene rings is 2. The summed E-state index contributed by atoms with van der Waals surface area (Å²) in [4.78, 5) is 0. The number of hydrogen-bond donors (Lipinski definition) is 1. The van der Waals surface area contributed by atoms with Gasteiger partial charge in [0.1, 0.15) is 5.75 Å². The molecule has 100 valence electrons. The summed E-state index contributed by atoms with van der Waals surface area (Å²) in [5, 5.41) is 6.17. The van der Waals surface area contributed by atoms with Gasteiger partial charge in [0.25, 0.3) is 0 Å². The molecule has 0 amide bonds. The number of nitrogens with one attached hydrogen (secondary N) is 1. The number of ether oxygens (including phenoxy) is 1. The first kappa shape index (κ1) is 12.9. The van der Waals surface area contributed by atoms with Gasteiger partial charge in [0, 0.05) is 15.6 Å². The molecule has 0 bridgehead atoms. The van der Waals surface area contributed by atoms with E-state index in [4.69, 9.17) is 4.74 Å². The molecule has 1 aliphatic heterocycles. The molecule has 0 saturated carbocycles. The first-order chi connectivity index (χ1) is 9.14. The number of methoxy groups -OCH3 is 1. The number of fused-ring (bicyclic) bond motifs is 1. The van der Waals surface area contributed by atoms with Gasteiger partial charge >= 0.3 is 0 Å². The Kier molecular flexibility index (Phi) is 3.27. The Morgan fingerprint density at radius 3 is 2.79 bits per heavy atom. The monoisotopic (exact) mass is 319 g/mol. The minimum Gasteiger partial charge on any atom is -0.496 e. The second-order valence-corrected chi connectivity index (χ2v) is 6.29. The van der Waals surface area contributed by atoms with Crippen LogP contribution in [0, 0.1) is 0 Å². The first-order valence-corrected chi connectivity index (χ1v) is 7.45. The topological polar surface area (TPSA) is 21.3 Å². The van der Waals surface area contributed by atoms with E-state index >= 15 is 0 Å². The van der Waals surface area contributed by atoms with Gasteiger partial charge in [0.15, 0.2) is 0 Å². The number of rotatable bonds is 2. The highest BCUT2D eigenvalue weighted by atomic mass is 79.9. The summed E-state index contributed by atoms with van der Waals surface area (Å²) in [7, 11) is 1.75. The Balaban J connectivity index is 2.30. The third-order valence-electron chi connectivity index (χ3n) is 4.08. The second kappa shape index (κ2) is 4.80. The van der Waals surface area contributed by atoms with E-state index in [2.05, 4.69) is 58.5 Å². The molecule has 2 aromatic carbocycles. The molecule has 1 saturated heterocycles. The Bertz CT molecular complexity index is 617. The molecule has 19 heavy (non-hydrogen) atoms. The quantitative estimate of drug-likeness (QED) is 0.895. The lowest BCUT2D eigenvalue weighted by Crippen LogP contribution is -2.33. The highest BCUT2D eigenvalue weighted by Gasteiger charge is 2.34. The zero-order valence-corrected chi connectivity index (χ0v) is 12.9. The van der Waals surface area contributed by atoms with Crippen LogP contribution in [0.5, 0.6) is 5.75 Å². The van der Waals surface area contributed by atoms with Crippen LogP contribution >= 0.6 is 15.9 Å². The van der Waals surface area contributed by atoms with Crippen molar-refractivity contribution in [1.29, 1.82) is 0 Å². The summed E-state index contributed by atoms with van der Waals surface area (Å²) >= 11 is 3.54. The maximum Gasteiger partial charge on any atom is 0.124 e. The van der Waals surface area contributed by atoms with Gasteiger partial charge in [0.05, 0.1) is 7.11 Å². The van der Waals surface area contributed by atoms with Crippen molar-refractivity contribution in [1.82, 2.24) is 5.32 Å². The fourth-order valence-electron chi connectivity index (χ4n) is 3.13. The van der Waals surface area contributed by atoms with Crippen molar-refractivity contribution in [2.24, 2.45) is 0 Å². The van der Waals surface area contributed by atoms with Gasteiger partial charge in [-0.2, -0.15) is 0 Å². The molecule has 3 heteroatoms. The molecular formula is C16H18BrNO. The molecule has 1 atom stereocenters. The van der Waals surface area contributed by atoms with E-state index in [1.165, 1.54) is 22.8 Å². The smallest absolute Gasteiger partial charge is 0.124 e. The van der Waals surface area contributed by atoms with Gasteiger partial charge in [-0.1, -0.05) is 28.1 Å². The van der Waals surface area contributed by atoms with Gasteiger partial charge < -0.3 is 10.1 Å². The van der Waals surface area contributed by atoms with Crippen molar-refractivity contribution in [3.05, 3.63) is 40.4 Å². The predicted molar refractivity (Wildman–Crippen MR) is 82.8 cm³/mol. The van der Waals surface area contributed by atoms with Crippen LogP contribution in [0.25, 0.3) is 10.8 Å². The van der Waals surface area contributed by atoms with Crippen molar-refractivity contribution in [2.75, 3.05) is 13.7 Å². The molecule has 0 spiro atoms. The number of hydrogen-bond acceptors (Lipinski definition) is 2. The molecule has 2 aromatic rings. The molecule has 1 unspecified atom stereocenters. The van der Waals surface area contributed by atoms with E-state index in [9.17, 15) is 0 Å². The molecule has 1 fully saturated rings. The third kappa shape index (κ3) is 2.15. The van der Waals surface area contributed by atoms with E-state index in [-0.39, 0.29) is 5.54 Å². The molecule has 0 aromatic heterocycles. The third-order valence-corrected chi connectivity index (χ3v) is 4.58. The van der Waals surface area contributed by atoms with Crippen molar-refractivity contribution < 1.29 is 4.74 Å². The summed E-state index contributed by atoms with van der Waals surface area (Å²) in [6, 6.07) is 10.7. The number of halogens is 1. The molecule has 2 nitrogen and oxygen atoms in total. The lowest BCUT2D eigenvalue weighted by molar-refractivity contribution is 0.374. The summed E-state index contributed by atoms with van der Waals surface area (Å²) < 4.78 is 6.72. The maximum absolute atomic E-state index is 5.61. The average molecular weight is 320 g/mol. The fourth-order valence-corrected chi connectivity index (χ4v) is 3.51. The van der Waals surface area contributed by atoms with Crippen molar-refractivity contribution in [3.63, 3.8) is 0 Å². The van der Waals surface area contributed by atoms with Crippen LogP contribution in [-0.4, -0.2) is 13.7 Å². The van der Waals surface area contributed by atoms with Crippen molar-refractivity contribution in [2.45, 2.75) is 25.3 Å². The molecule has 0 radical (unpaired) electrons. The maximum atomic E-state index is 5.61. The normalized spacial score (nSPS) is 22.9. The Morgan fingerprint density at radius 1 is 1.26 bits per heavy atom. The van der Waals surface area contributed by atoms with Gasteiger partial charge in [-0.25, -0.2) is 0 Å². The van der Waals surface area contributed by atoms with Crippen LogP contribution in [-0.2, 0) is 5.54 Å². The van der Waals surface area contributed by atoms with Crippen molar-refractivity contribution in [3.8, 4) is 5.75 Å². The Labute approximate surface area is 122 Å². The lowest BCUT2D eigenvalue weighted by Gasteiger charge is -2.28. The molecule has 3 rings (SSSR count). The molecule has 1 aliphatic rings. The van der Waals surface area contributed by atoms with Crippen molar-refractivity contribution >= 4 is 26.7 Å². The zero-order chi connectivity index (χ0) is 13.5. The zero-order valence-electron chi connectivity index (χ0n) is 11.3. The molecule has 0 aliphatic carbocycles. The standard InChI is InChI=1S/C16H18BrNO/c1-16(8-3-9-18-16)15-13-6-5-12(17)10-11(13)4-7-14(15)19-2/h4-7,10,18H,3,8-9H2,1-2H3. The SMILES string of the molecule is COc1ccc2cc(Br)ccc2c1C1(C)CCCN1. The highest BCUT2D eigenvalue weighted by molar-refractivity contribution is 9.10. The van der Waals surface area contributed by atoms with E-state index in [1.807, 2.05) is 0 Å².